The van der Waals surface area contributed by atoms with Gasteiger partial charge in [-0.3, -0.25) is 4.79 Å². The predicted molar refractivity (Wildman–Crippen MR) is 94.1 cm³/mol. The van der Waals surface area contributed by atoms with Crippen LogP contribution in [-0.4, -0.2) is 13.0 Å². The zero-order chi connectivity index (χ0) is 16.8. The minimum atomic E-state index is -0.155. The molecule has 0 aliphatic rings. The quantitative estimate of drug-likeness (QED) is 0.820. The molecule has 0 fully saturated rings. The second kappa shape index (κ2) is 8.02. The average Bonchev–Trinajstić information content (AvgIpc) is 2.54. The Kier molecular flexibility index (Phi) is 6.05. The van der Waals surface area contributed by atoms with Crippen molar-refractivity contribution in [2.24, 2.45) is 5.92 Å². The summed E-state index contributed by atoms with van der Waals surface area (Å²) in [6.07, 6.45) is 0.850. The van der Waals surface area contributed by atoms with Crippen molar-refractivity contribution in [3.63, 3.8) is 0 Å². The van der Waals surface area contributed by atoms with Crippen LogP contribution in [0.3, 0.4) is 0 Å². The molecule has 0 saturated heterocycles. The van der Waals surface area contributed by atoms with E-state index in [4.69, 9.17) is 16.3 Å². The van der Waals surface area contributed by atoms with Crippen LogP contribution in [0.4, 0.5) is 0 Å². The smallest absolute Gasteiger partial charge is 0.253 e. The van der Waals surface area contributed by atoms with Crippen LogP contribution in [0.2, 0.25) is 5.02 Å². The summed E-state index contributed by atoms with van der Waals surface area (Å²) in [7, 11) is 1.64. The van der Waals surface area contributed by atoms with Gasteiger partial charge in [0.2, 0.25) is 0 Å². The van der Waals surface area contributed by atoms with Gasteiger partial charge in [0.1, 0.15) is 5.75 Å². The summed E-state index contributed by atoms with van der Waals surface area (Å²) < 4.78 is 5.19. The topological polar surface area (TPSA) is 38.3 Å². The van der Waals surface area contributed by atoms with Crippen LogP contribution in [0.15, 0.2) is 48.5 Å². The van der Waals surface area contributed by atoms with Gasteiger partial charge in [-0.1, -0.05) is 49.7 Å². The van der Waals surface area contributed by atoms with Crippen LogP contribution in [0.25, 0.3) is 0 Å². The van der Waals surface area contributed by atoms with E-state index in [0.29, 0.717) is 16.5 Å². The third kappa shape index (κ3) is 4.73. The van der Waals surface area contributed by atoms with Gasteiger partial charge < -0.3 is 10.1 Å². The van der Waals surface area contributed by atoms with Crippen molar-refractivity contribution in [3.05, 3.63) is 64.7 Å². The number of ether oxygens (including phenoxy) is 1. The van der Waals surface area contributed by atoms with Crippen molar-refractivity contribution >= 4 is 17.5 Å². The molecule has 2 aromatic rings. The van der Waals surface area contributed by atoms with E-state index in [1.54, 1.807) is 19.2 Å². The molecule has 3 nitrogen and oxygen atoms in total. The van der Waals surface area contributed by atoms with Crippen molar-refractivity contribution in [1.82, 2.24) is 5.32 Å². The Morgan fingerprint density at radius 1 is 1.13 bits per heavy atom. The maximum Gasteiger partial charge on any atom is 0.253 e. The first-order chi connectivity index (χ1) is 11.0. The monoisotopic (exact) mass is 331 g/mol. The number of nitrogens with one attached hydrogen (secondary N) is 1. The zero-order valence-electron chi connectivity index (χ0n) is 13.7. The molecule has 2 aromatic carbocycles. The molecule has 0 aliphatic heterocycles. The molecular weight excluding hydrogens is 310 g/mol. The number of benzene rings is 2. The summed E-state index contributed by atoms with van der Waals surface area (Å²) >= 11 is 6.12. The average molecular weight is 332 g/mol. The molecular formula is C19H22ClNO2. The number of carbonyl (C=O) groups is 1. The fourth-order valence-corrected chi connectivity index (χ4v) is 2.69. The molecule has 0 radical (unpaired) electrons. The van der Waals surface area contributed by atoms with Gasteiger partial charge in [0, 0.05) is 0 Å². The summed E-state index contributed by atoms with van der Waals surface area (Å²) in [5.41, 5.74) is 1.55. The van der Waals surface area contributed by atoms with Gasteiger partial charge in [-0.2, -0.15) is 0 Å². The molecule has 0 aromatic heterocycles. The summed E-state index contributed by atoms with van der Waals surface area (Å²) in [6.45, 7) is 4.27. The van der Waals surface area contributed by atoms with Crippen LogP contribution in [0.1, 0.15) is 42.2 Å². The standard InChI is InChI=1S/C19H22ClNO2/c1-13(2)12-18(14-8-10-15(23-3)11-9-14)21-19(22)16-6-4-5-7-17(16)20/h4-11,13,18H,12H2,1-3H3,(H,21,22)/t18-/m0/s1. The van der Waals surface area contributed by atoms with Crippen LogP contribution >= 0.6 is 11.6 Å². The normalized spacial score (nSPS) is 12.0. The third-order valence-corrected chi connectivity index (χ3v) is 3.98. The van der Waals surface area contributed by atoms with Crippen LogP contribution in [-0.2, 0) is 0 Å². The second-order valence-corrected chi connectivity index (χ2v) is 6.32. The number of hydrogen-bond acceptors (Lipinski definition) is 2. The highest BCUT2D eigenvalue weighted by Gasteiger charge is 2.18. The Hall–Kier alpha value is -2.00. The molecule has 1 N–H and O–H groups in total. The van der Waals surface area contributed by atoms with Crippen molar-refractivity contribution < 1.29 is 9.53 Å². The fraction of sp³-hybridized carbons (Fsp3) is 0.316. The first kappa shape index (κ1) is 17.4. The lowest BCUT2D eigenvalue weighted by Gasteiger charge is -2.21. The molecule has 0 spiro atoms. The van der Waals surface area contributed by atoms with Gasteiger partial charge in [0.25, 0.3) is 5.91 Å². The van der Waals surface area contributed by atoms with Crippen molar-refractivity contribution in [1.29, 1.82) is 0 Å². The van der Waals surface area contributed by atoms with Gasteiger partial charge in [0.15, 0.2) is 0 Å². The number of methoxy groups -OCH3 is 1. The van der Waals surface area contributed by atoms with Crippen LogP contribution < -0.4 is 10.1 Å². The maximum atomic E-state index is 12.5. The summed E-state index contributed by atoms with van der Waals surface area (Å²) in [5.74, 6) is 1.10. The van der Waals surface area contributed by atoms with E-state index in [1.165, 1.54) is 0 Å². The maximum absolute atomic E-state index is 12.5. The Morgan fingerprint density at radius 2 is 1.78 bits per heavy atom. The molecule has 0 heterocycles. The lowest BCUT2D eigenvalue weighted by atomic mass is 9.96. The molecule has 2 rings (SSSR count). The minimum absolute atomic E-state index is 0.0651. The summed E-state index contributed by atoms with van der Waals surface area (Å²) in [4.78, 5) is 12.5. The Labute approximate surface area is 142 Å². The largest absolute Gasteiger partial charge is 0.497 e. The van der Waals surface area contributed by atoms with Gasteiger partial charge in [0.05, 0.1) is 23.7 Å². The Balaban J connectivity index is 2.21. The molecule has 122 valence electrons. The molecule has 0 saturated carbocycles. The Morgan fingerprint density at radius 3 is 2.35 bits per heavy atom. The minimum Gasteiger partial charge on any atom is -0.497 e. The van der Waals surface area contributed by atoms with E-state index < -0.39 is 0 Å². The molecule has 4 heteroatoms. The number of halogens is 1. The van der Waals surface area contributed by atoms with Crippen LogP contribution in [0, 0.1) is 5.92 Å². The van der Waals surface area contributed by atoms with E-state index >= 15 is 0 Å². The lowest BCUT2D eigenvalue weighted by Crippen LogP contribution is -2.29. The summed E-state index contributed by atoms with van der Waals surface area (Å²) in [5, 5.41) is 3.56. The summed E-state index contributed by atoms with van der Waals surface area (Å²) in [6, 6.07) is 14.8. The third-order valence-electron chi connectivity index (χ3n) is 3.65. The van der Waals surface area contributed by atoms with Crippen LogP contribution in [0.5, 0.6) is 5.75 Å². The highest BCUT2D eigenvalue weighted by Crippen LogP contribution is 2.25. The van der Waals surface area contributed by atoms with E-state index in [0.717, 1.165) is 17.7 Å². The molecule has 1 atom stereocenters. The van der Waals surface area contributed by atoms with E-state index in [-0.39, 0.29) is 11.9 Å². The second-order valence-electron chi connectivity index (χ2n) is 5.91. The number of rotatable bonds is 6. The number of amides is 1. The van der Waals surface area contributed by atoms with Crippen molar-refractivity contribution in [2.75, 3.05) is 7.11 Å². The first-order valence-electron chi connectivity index (χ1n) is 7.70. The lowest BCUT2D eigenvalue weighted by molar-refractivity contribution is 0.0932. The van der Waals surface area contributed by atoms with Gasteiger partial charge in [-0.25, -0.2) is 0 Å². The van der Waals surface area contributed by atoms with Crippen molar-refractivity contribution in [3.8, 4) is 5.75 Å². The molecule has 1 amide bonds. The van der Waals surface area contributed by atoms with Crippen molar-refractivity contribution in [2.45, 2.75) is 26.3 Å². The van der Waals surface area contributed by atoms with Gasteiger partial charge in [-0.15, -0.1) is 0 Å². The Bertz CT molecular complexity index is 653. The molecule has 0 bridgehead atoms. The predicted octanol–water partition coefficient (Wildman–Crippen LogP) is 4.87. The number of hydrogen-bond donors (Lipinski definition) is 1. The highest BCUT2D eigenvalue weighted by atomic mass is 35.5. The number of carbonyl (C=O) groups excluding carboxylic acids is 1. The van der Waals surface area contributed by atoms with Gasteiger partial charge in [-0.05, 0) is 42.2 Å². The molecule has 23 heavy (non-hydrogen) atoms. The fourth-order valence-electron chi connectivity index (χ4n) is 2.47. The van der Waals surface area contributed by atoms with E-state index in [1.807, 2.05) is 36.4 Å². The molecule has 0 unspecified atom stereocenters. The van der Waals surface area contributed by atoms with E-state index in [2.05, 4.69) is 19.2 Å². The molecule has 0 aliphatic carbocycles. The highest BCUT2D eigenvalue weighted by molar-refractivity contribution is 6.33. The van der Waals surface area contributed by atoms with E-state index in [9.17, 15) is 4.79 Å². The van der Waals surface area contributed by atoms with Gasteiger partial charge >= 0.3 is 0 Å². The zero-order valence-corrected chi connectivity index (χ0v) is 14.4. The SMILES string of the molecule is COc1ccc([C@H](CC(C)C)NC(=O)c2ccccc2Cl)cc1. The first-order valence-corrected chi connectivity index (χ1v) is 8.08.